The summed E-state index contributed by atoms with van der Waals surface area (Å²) in [5.74, 6) is -0.429. The van der Waals surface area contributed by atoms with Gasteiger partial charge in [-0.15, -0.1) is 0 Å². The molecule has 0 heterocycles. The van der Waals surface area contributed by atoms with E-state index in [4.69, 9.17) is 0 Å². The maximum atomic E-state index is 13.1. The van der Waals surface area contributed by atoms with Crippen LogP contribution in [0.3, 0.4) is 0 Å². The first-order chi connectivity index (χ1) is 17.7. The summed E-state index contributed by atoms with van der Waals surface area (Å²) < 4.78 is 4.67. The number of benzene rings is 3. The van der Waals surface area contributed by atoms with E-state index in [1.54, 1.807) is 11.0 Å². The van der Waals surface area contributed by atoms with Gasteiger partial charge in [0.25, 0.3) is 0 Å². The number of ether oxygens (including phenoxy) is 1. The smallest absolute Gasteiger partial charge is 0.330 e. The lowest BCUT2D eigenvalue weighted by atomic mass is 9.99. The molecule has 0 spiro atoms. The zero-order valence-corrected chi connectivity index (χ0v) is 22.5. The van der Waals surface area contributed by atoms with Gasteiger partial charge < -0.3 is 10.1 Å². The van der Waals surface area contributed by atoms with E-state index in [1.807, 2.05) is 50.2 Å². The fourth-order valence-corrected chi connectivity index (χ4v) is 4.18. The summed E-state index contributed by atoms with van der Waals surface area (Å²) in [6.45, 7) is 10.7. The summed E-state index contributed by atoms with van der Waals surface area (Å²) in [5, 5.41) is 2.99. The maximum Gasteiger partial charge on any atom is 0.330 e. The normalized spacial score (nSPS) is 11.3. The van der Waals surface area contributed by atoms with Gasteiger partial charge >= 0.3 is 12.0 Å². The molecule has 37 heavy (non-hydrogen) atoms. The first-order valence-electron chi connectivity index (χ1n) is 12.4. The number of aryl methyl sites for hydroxylation is 3. The minimum atomic E-state index is -0.429. The Kier molecular flexibility index (Phi) is 9.45. The van der Waals surface area contributed by atoms with E-state index in [2.05, 4.69) is 67.2 Å². The highest BCUT2D eigenvalue weighted by Gasteiger charge is 2.17. The molecule has 0 unspecified atom stereocenters. The molecule has 0 bridgehead atoms. The van der Waals surface area contributed by atoms with Crippen LogP contribution in [0, 0.1) is 20.8 Å². The molecule has 0 atom stereocenters. The highest BCUT2D eigenvalue weighted by atomic mass is 16.5. The second kappa shape index (κ2) is 12.7. The van der Waals surface area contributed by atoms with E-state index in [0.29, 0.717) is 6.54 Å². The van der Waals surface area contributed by atoms with Crippen LogP contribution < -0.4 is 10.2 Å². The molecule has 192 valence electrons. The second-order valence-electron chi connectivity index (χ2n) is 9.53. The molecule has 1 N–H and O–H groups in total. The van der Waals surface area contributed by atoms with Crippen LogP contribution in [0.15, 0.2) is 66.7 Å². The molecule has 0 aliphatic heterocycles. The summed E-state index contributed by atoms with van der Waals surface area (Å²) in [5.41, 5.74) is 8.68. The summed E-state index contributed by atoms with van der Waals surface area (Å²) in [7, 11) is 1.34. The van der Waals surface area contributed by atoms with Crippen molar-refractivity contribution in [3.8, 4) is 0 Å². The lowest BCUT2D eigenvalue weighted by molar-refractivity contribution is -0.134. The first kappa shape index (κ1) is 27.5. The van der Waals surface area contributed by atoms with Crippen molar-refractivity contribution >= 4 is 35.9 Å². The highest BCUT2D eigenvalue weighted by molar-refractivity contribution is 5.93. The molecule has 0 aliphatic rings. The Hall–Kier alpha value is -4.12. The van der Waals surface area contributed by atoms with Crippen LogP contribution >= 0.6 is 0 Å². The number of rotatable bonds is 8. The van der Waals surface area contributed by atoms with Crippen LogP contribution in [0.1, 0.15) is 52.8 Å². The third kappa shape index (κ3) is 7.94. The summed E-state index contributed by atoms with van der Waals surface area (Å²) in [6, 6.07) is 20.0. The minimum Gasteiger partial charge on any atom is -0.466 e. The SMILES string of the molecule is COC(=O)/C=C/c1cccc(N(Cc2ccc(/C=C/c3c(C)cc(C)cc3C)cc2)C(=O)NC(C)C)c1. The van der Waals surface area contributed by atoms with E-state index >= 15 is 0 Å². The second-order valence-corrected chi connectivity index (χ2v) is 9.53. The van der Waals surface area contributed by atoms with Crippen LogP contribution in [-0.2, 0) is 16.1 Å². The highest BCUT2D eigenvalue weighted by Crippen LogP contribution is 2.22. The van der Waals surface area contributed by atoms with Gasteiger partial charge in [0.05, 0.1) is 13.7 Å². The Morgan fingerprint density at radius 1 is 0.892 bits per heavy atom. The van der Waals surface area contributed by atoms with Crippen LogP contribution in [0.4, 0.5) is 10.5 Å². The Balaban J connectivity index is 1.83. The lowest BCUT2D eigenvalue weighted by Crippen LogP contribution is -2.42. The number of nitrogens with one attached hydrogen (secondary N) is 1. The van der Waals surface area contributed by atoms with E-state index in [9.17, 15) is 9.59 Å². The molecule has 3 aromatic carbocycles. The maximum absolute atomic E-state index is 13.1. The monoisotopic (exact) mass is 496 g/mol. The number of anilines is 1. The minimum absolute atomic E-state index is 0.00129. The third-order valence-electron chi connectivity index (χ3n) is 5.95. The molecule has 3 rings (SSSR count). The Bertz CT molecular complexity index is 1280. The predicted octanol–water partition coefficient (Wildman–Crippen LogP) is 7.09. The summed E-state index contributed by atoms with van der Waals surface area (Å²) in [6.07, 6.45) is 7.32. The summed E-state index contributed by atoms with van der Waals surface area (Å²) in [4.78, 5) is 26.3. The number of methoxy groups -OCH3 is 1. The molecule has 0 radical (unpaired) electrons. The number of hydrogen-bond donors (Lipinski definition) is 1. The van der Waals surface area contributed by atoms with E-state index in [-0.39, 0.29) is 12.1 Å². The molecular formula is C32H36N2O3. The van der Waals surface area contributed by atoms with Crippen molar-refractivity contribution in [2.45, 2.75) is 47.2 Å². The van der Waals surface area contributed by atoms with Gasteiger partial charge in [0, 0.05) is 17.8 Å². The number of carbonyl (C=O) groups excluding carboxylic acids is 2. The summed E-state index contributed by atoms with van der Waals surface area (Å²) >= 11 is 0. The number of urea groups is 1. The quantitative estimate of drug-likeness (QED) is 0.206. The number of hydrogen-bond acceptors (Lipinski definition) is 3. The third-order valence-corrected chi connectivity index (χ3v) is 5.95. The standard InChI is InChI=1S/C32H36N2O3/c1-22(2)33-32(36)34(29-9-7-8-27(20-29)15-17-31(35)37-6)21-28-12-10-26(11-13-28)14-16-30-24(4)18-23(3)19-25(30)5/h7-20,22H,21H2,1-6H3,(H,33,36)/b16-14+,17-15+. The topological polar surface area (TPSA) is 58.6 Å². The average molecular weight is 497 g/mol. The van der Waals surface area contributed by atoms with Gasteiger partial charge in [-0.2, -0.15) is 0 Å². The van der Waals surface area contributed by atoms with Gasteiger partial charge in [-0.1, -0.05) is 66.2 Å². The van der Waals surface area contributed by atoms with Crippen molar-refractivity contribution in [3.63, 3.8) is 0 Å². The molecule has 2 amide bonds. The molecule has 5 nitrogen and oxygen atoms in total. The van der Waals surface area contributed by atoms with Gasteiger partial charge in [0.2, 0.25) is 0 Å². The van der Waals surface area contributed by atoms with Crippen LogP contribution in [0.5, 0.6) is 0 Å². The first-order valence-corrected chi connectivity index (χ1v) is 12.4. The molecule has 0 saturated carbocycles. The fraction of sp³-hybridized carbons (Fsp3) is 0.250. The van der Waals surface area contributed by atoms with E-state index < -0.39 is 5.97 Å². The number of carbonyl (C=O) groups is 2. The molecule has 0 aliphatic carbocycles. The molecule has 3 aromatic rings. The molecule has 0 aromatic heterocycles. The number of nitrogens with zero attached hydrogens (tertiary/aromatic N) is 1. The molecular weight excluding hydrogens is 460 g/mol. The van der Waals surface area contributed by atoms with Crippen molar-refractivity contribution in [2.24, 2.45) is 0 Å². The zero-order chi connectivity index (χ0) is 26.9. The fourth-order valence-electron chi connectivity index (χ4n) is 4.18. The Labute approximate surface area is 220 Å². The van der Waals surface area contributed by atoms with Crippen molar-refractivity contribution in [3.05, 3.63) is 106 Å². The Morgan fingerprint density at radius 3 is 2.19 bits per heavy atom. The van der Waals surface area contributed by atoms with Crippen molar-refractivity contribution in [1.29, 1.82) is 0 Å². The van der Waals surface area contributed by atoms with Crippen molar-refractivity contribution in [2.75, 3.05) is 12.0 Å². The average Bonchev–Trinajstić information content (AvgIpc) is 2.85. The molecule has 0 fully saturated rings. The van der Waals surface area contributed by atoms with Crippen LogP contribution in [-0.4, -0.2) is 25.2 Å². The van der Waals surface area contributed by atoms with Crippen molar-refractivity contribution < 1.29 is 14.3 Å². The van der Waals surface area contributed by atoms with Gasteiger partial charge in [-0.05, 0) is 86.2 Å². The predicted molar refractivity (Wildman–Crippen MR) is 153 cm³/mol. The van der Waals surface area contributed by atoms with Gasteiger partial charge in [0.1, 0.15) is 0 Å². The molecule has 5 heteroatoms. The zero-order valence-electron chi connectivity index (χ0n) is 22.5. The molecule has 0 saturated heterocycles. The Morgan fingerprint density at radius 2 is 1.57 bits per heavy atom. The largest absolute Gasteiger partial charge is 0.466 e. The van der Waals surface area contributed by atoms with Gasteiger partial charge in [-0.25, -0.2) is 9.59 Å². The lowest BCUT2D eigenvalue weighted by Gasteiger charge is -2.25. The van der Waals surface area contributed by atoms with Crippen LogP contribution in [0.25, 0.3) is 18.2 Å². The van der Waals surface area contributed by atoms with E-state index in [1.165, 1.54) is 35.4 Å². The van der Waals surface area contributed by atoms with Crippen molar-refractivity contribution in [1.82, 2.24) is 5.32 Å². The van der Waals surface area contributed by atoms with Crippen LogP contribution in [0.2, 0.25) is 0 Å². The van der Waals surface area contributed by atoms with Gasteiger partial charge in [0.15, 0.2) is 0 Å². The van der Waals surface area contributed by atoms with E-state index in [0.717, 1.165) is 22.4 Å². The number of esters is 1. The number of amides is 2. The van der Waals surface area contributed by atoms with Gasteiger partial charge in [-0.3, -0.25) is 4.90 Å².